The van der Waals surface area contributed by atoms with E-state index in [1.807, 2.05) is 49.4 Å². The summed E-state index contributed by atoms with van der Waals surface area (Å²) in [4.78, 5) is 23.2. The number of fused-ring (bicyclic) bond motifs is 1. The number of morpholine rings is 1. The molecule has 0 unspecified atom stereocenters. The highest BCUT2D eigenvalue weighted by Gasteiger charge is 2.18. The van der Waals surface area contributed by atoms with Gasteiger partial charge in [0, 0.05) is 31.0 Å². The second-order valence-corrected chi connectivity index (χ2v) is 6.54. The number of aryl methyl sites for hydroxylation is 1. The largest absolute Gasteiger partial charge is 0.379 e. The molecule has 1 aromatic carbocycles. The molecule has 0 radical (unpaired) electrons. The summed E-state index contributed by atoms with van der Waals surface area (Å²) in [6, 6.07) is 13.6. The number of ether oxygens (including phenoxy) is 1. The molecule has 0 amide bonds. The van der Waals surface area contributed by atoms with Crippen molar-refractivity contribution < 1.29 is 4.74 Å². The van der Waals surface area contributed by atoms with Crippen molar-refractivity contribution in [1.82, 2.24) is 14.9 Å². The molecule has 0 atom stereocenters. The molecule has 26 heavy (non-hydrogen) atoms. The molecule has 6 nitrogen and oxygen atoms in total. The van der Waals surface area contributed by atoms with Crippen molar-refractivity contribution in [3.05, 3.63) is 63.9 Å². The summed E-state index contributed by atoms with van der Waals surface area (Å²) in [5.74, 6) is 0.707. The average Bonchev–Trinajstić information content (AvgIpc) is 2.66. The number of anilines is 2. The zero-order valence-electron chi connectivity index (χ0n) is 14.8. The van der Waals surface area contributed by atoms with Gasteiger partial charge in [-0.3, -0.25) is 9.69 Å². The number of benzene rings is 1. The summed E-state index contributed by atoms with van der Waals surface area (Å²) in [7, 11) is 0. The Labute approximate surface area is 151 Å². The maximum atomic E-state index is 13.2. The molecule has 1 aliphatic heterocycles. The predicted octanol–water partition coefficient (Wildman–Crippen LogP) is 2.81. The fraction of sp³-hybridized carbons (Fsp3) is 0.300. The molecule has 1 fully saturated rings. The quantitative estimate of drug-likeness (QED) is 0.757. The van der Waals surface area contributed by atoms with Gasteiger partial charge in [-0.1, -0.05) is 18.2 Å². The summed E-state index contributed by atoms with van der Waals surface area (Å²) in [5, 5.41) is 3.98. The number of para-hydroxylation sites is 1. The molecule has 1 aliphatic rings. The first-order chi connectivity index (χ1) is 12.7. The van der Waals surface area contributed by atoms with E-state index < -0.39 is 0 Å². The van der Waals surface area contributed by atoms with E-state index in [0.29, 0.717) is 36.6 Å². The van der Waals surface area contributed by atoms with Crippen LogP contribution < -0.4 is 10.7 Å². The topological polar surface area (TPSA) is 70.2 Å². The summed E-state index contributed by atoms with van der Waals surface area (Å²) < 4.78 is 5.42. The number of aromatic amines is 1. The van der Waals surface area contributed by atoms with E-state index in [1.54, 1.807) is 0 Å². The number of hydrogen-bond donors (Lipinski definition) is 2. The van der Waals surface area contributed by atoms with Crippen molar-refractivity contribution in [3.63, 3.8) is 0 Å². The van der Waals surface area contributed by atoms with Gasteiger partial charge in [0.15, 0.2) is 5.43 Å². The van der Waals surface area contributed by atoms with Gasteiger partial charge in [-0.2, -0.15) is 0 Å². The van der Waals surface area contributed by atoms with Gasteiger partial charge in [0.1, 0.15) is 11.5 Å². The van der Waals surface area contributed by atoms with E-state index in [4.69, 9.17) is 4.74 Å². The third-order valence-electron chi connectivity index (χ3n) is 4.63. The van der Waals surface area contributed by atoms with Crippen LogP contribution in [0.15, 0.2) is 47.3 Å². The van der Waals surface area contributed by atoms with E-state index in [0.717, 1.165) is 30.0 Å². The molecule has 0 bridgehead atoms. The van der Waals surface area contributed by atoms with Crippen LogP contribution in [0.5, 0.6) is 0 Å². The highest BCUT2D eigenvalue weighted by Crippen LogP contribution is 2.21. The van der Waals surface area contributed by atoms with Crippen molar-refractivity contribution in [2.75, 3.05) is 31.6 Å². The van der Waals surface area contributed by atoms with Crippen molar-refractivity contribution in [1.29, 1.82) is 0 Å². The molecule has 2 N–H and O–H groups in total. The second kappa shape index (κ2) is 7.27. The average molecular weight is 350 g/mol. The Balaban J connectivity index is 1.79. The van der Waals surface area contributed by atoms with Crippen molar-refractivity contribution >= 4 is 22.5 Å². The molecular weight excluding hydrogens is 328 g/mol. The number of rotatable bonds is 4. The molecule has 0 aliphatic carbocycles. The Bertz CT molecular complexity index is 963. The maximum Gasteiger partial charge on any atom is 0.197 e. The maximum absolute atomic E-state index is 13.2. The summed E-state index contributed by atoms with van der Waals surface area (Å²) in [5.41, 5.74) is 3.17. The molecule has 4 rings (SSSR count). The summed E-state index contributed by atoms with van der Waals surface area (Å²) in [6.45, 7) is 5.56. The van der Waals surface area contributed by atoms with Crippen LogP contribution in [-0.4, -0.2) is 41.2 Å². The Kier molecular flexibility index (Phi) is 4.69. The third-order valence-corrected chi connectivity index (χ3v) is 4.63. The van der Waals surface area contributed by atoms with E-state index in [1.165, 1.54) is 0 Å². The van der Waals surface area contributed by atoms with Gasteiger partial charge in [0.25, 0.3) is 0 Å². The first kappa shape index (κ1) is 16.8. The van der Waals surface area contributed by atoms with Gasteiger partial charge in [0.2, 0.25) is 0 Å². The van der Waals surface area contributed by atoms with E-state index in [9.17, 15) is 4.79 Å². The Morgan fingerprint density at radius 3 is 2.69 bits per heavy atom. The lowest BCUT2D eigenvalue weighted by Gasteiger charge is -2.27. The Hall–Kier alpha value is -2.70. The molecule has 3 aromatic rings. The van der Waals surface area contributed by atoms with Crippen LogP contribution in [0, 0.1) is 6.92 Å². The fourth-order valence-corrected chi connectivity index (χ4v) is 3.21. The highest BCUT2D eigenvalue weighted by atomic mass is 16.5. The van der Waals surface area contributed by atoms with Crippen molar-refractivity contribution in [2.45, 2.75) is 13.5 Å². The smallest absolute Gasteiger partial charge is 0.197 e. The lowest BCUT2D eigenvalue weighted by molar-refractivity contribution is 0.0341. The molecule has 0 spiro atoms. The first-order valence-corrected chi connectivity index (χ1v) is 8.85. The molecule has 2 aromatic heterocycles. The number of H-pyrrole nitrogens is 1. The Morgan fingerprint density at radius 2 is 1.92 bits per heavy atom. The number of aromatic nitrogens is 2. The minimum atomic E-state index is 0.0242. The number of nitrogens with zero attached hydrogens (tertiary/aromatic N) is 2. The fourth-order valence-electron chi connectivity index (χ4n) is 3.21. The highest BCUT2D eigenvalue weighted by molar-refractivity contribution is 5.79. The molecular formula is C20H22N4O2. The van der Waals surface area contributed by atoms with E-state index in [-0.39, 0.29) is 5.43 Å². The lowest BCUT2D eigenvalue weighted by atomic mass is 10.1. The van der Waals surface area contributed by atoms with Crippen molar-refractivity contribution in [3.8, 4) is 0 Å². The van der Waals surface area contributed by atoms with Crippen LogP contribution in [0.25, 0.3) is 11.0 Å². The zero-order valence-corrected chi connectivity index (χ0v) is 14.8. The van der Waals surface area contributed by atoms with Gasteiger partial charge < -0.3 is 15.0 Å². The van der Waals surface area contributed by atoms with Crippen LogP contribution in [0.4, 0.5) is 11.5 Å². The monoisotopic (exact) mass is 350 g/mol. The lowest BCUT2D eigenvalue weighted by Crippen LogP contribution is -2.37. The van der Waals surface area contributed by atoms with Crippen molar-refractivity contribution in [2.24, 2.45) is 0 Å². The van der Waals surface area contributed by atoms with E-state index >= 15 is 0 Å². The normalized spacial score (nSPS) is 15.3. The minimum absolute atomic E-state index is 0.0242. The van der Waals surface area contributed by atoms with E-state index in [2.05, 4.69) is 20.2 Å². The number of nitrogens with one attached hydrogen (secondary N) is 2. The van der Waals surface area contributed by atoms with Crippen LogP contribution in [0.3, 0.4) is 0 Å². The summed E-state index contributed by atoms with van der Waals surface area (Å²) in [6.07, 6.45) is 0. The second-order valence-electron chi connectivity index (χ2n) is 6.54. The molecule has 0 saturated carbocycles. The first-order valence-electron chi connectivity index (χ1n) is 8.85. The molecule has 6 heteroatoms. The SMILES string of the molecule is Cc1ccc2c(=O)c(CN3CCOCC3)c(Nc3ccccc3)[nH]c2n1. The zero-order chi connectivity index (χ0) is 17.9. The van der Waals surface area contributed by atoms with Gasteiger partial charge in [-0.15, -0.1) is 0 Å². The van der Waals surface area contributed by atoms with Crippen LogP contribution >= 0.6 is 0 Å². The van der Waals surface area contributed by atoms with Gasteiger partial charge in [0.05, 0.1) is 24.2 Å². The minimum Gasteiger partial charge on any atom is -0.379 e. The predicted molar refractivity (Wildman–Crippen MR) is 103 cm³/mol. The number of pyridine rings is 2. The summed E-state index contributed by atoms with van der Waals surface area (Å²) >= 11 is 0. The molecule has 134 valence electrons. The molecule has 1 saturated heterocycles. The third kappa shape index (κ3) is 3.47. The Morgan fingerprint density at radius 1 is 1.15 bits per heavy atom. The van der Waals surface area contributed by atoms with Crippen LogP contribution in [0.2, 0.25) is 0 Å². The van der Waals surface area contributed by atoms with Crippen LogP contribution in [-0.2, 0) is 11.3 Å². The van der Waals surface area contributed by atoms with Gasteiger partial charge in [-0.25, -0.2) is 4.98 Å². The standard InChI is InChI=1S/C20H22N4O2/c1-14-7-8-16-18(25)17(13-24-9-11-26-12-10-24)20(23-19(16)21-14)22-15-5-3-2-4-6-15/h2-8H,9-13H2,1H3,(H2,21,22,23,25). The van der Waals surface area contributed by atoms with Gasteiger partial charge in [-0.05, 0) is 31.2 Å². The van der Waals surface area contributed by atoms with Crippen LogP contribution in [0.1, 0.15) is 11.3 Å². The molecule has 3 heterocycles. The van der Waals surface area contributed by atoms with Gasteiger partial charge >= 0.3 is 0 Å². The number of hydrogen-bond acceptors (Lipinski definition) is 5.